The van der Waals surface area contributed by atoms with Crippen molar-refractivity contribution >= 4 is 0 Å². The average molecular weight is 249 g/mol. The molecule has 0 spiro atoms. The fourth-order valence-electron chi connectivity index (χ4n) is 1.59. The first-order valence-electron chi connectivity index (χ1n) is 5.59. The van der Waals surface area contributed by atoms with Crippen molar-refractivity contribution in [2.45, 2.75) is 19.5 Å². The van der Waals surface area contributed by atoms with Gasteiger partial charge in [0.15, 0.2) is 11.6 Å². The van der Waals surface area contributed by atoms with Gasteiger partial charge in [-0.15, -0.1) is 0 Å². The molecule has 1 atom stereocenters. The highest BCUT2D eigenvalue weighted by molar-refractivity contribution is 5.21. The maximum absolute atomic E-state index is 13.1. The maximum Gasteiger partial charge on any atom is 0.159 e. The van der Waals surface area contributed by atoms with E-state index in [2.05, 4.69) is 15.3 Å². The molecule has 0 fully saturated rings. The monoisotopic (exact) mass is 249 g/mol. The average Bonchev–Trinajstić information content (AvgIpc) is 2.40. The zero-order valence-electron chi connectivity index (χ0n) is 9.90. The van der Waals surface area contributed by atoms with Gasteiger partial charge in [0.1, 0.15) is 6.33 Å². The van der Waals surface area contributed by atoms with Crippen molar-refractivity contribution < 1.29 is 8.78 Å². The summed E-state index contributed by atoms with van der Waals surface area (Å²) in [5.74, 6) is -1.66. The number of hydrogen-bond donors (Lipinski definition) is 1. The standard InChI is InChI=1S/C13H13F2N3/c1-9(11-2-3-12(14)13(15)4-11)18-7-10-5-16-8-17-6-10/h2-6,8-9,18H,7H2,1H3. The highest BCUT2D eigenvalue weighted by Crippen LogP contribution is 2.16. The van der Waals surface area contributed by atoms with Gasteiger partial charge in [-0.3, -0.25) is 0 Å². The van der Waals surface area contributed by atoms with Crippen molar-refractivity contribution in [2.24, 2.45) is 0 Å². The zero-order valence-corrected chi connectivity index (χ0v) is 9.90. The van der Waals surface area contributed by atoms with Crippen LogP contribution in [0.25, 0.3) is 0 Å². The molecule has 18 heavy (non-hydrogen) atoms. The first kappa shape index (κ1) is 12.6. The van der Waals surface area contributed by atoms with Crippen molar-refractivity contribution in [3.8, 4) is 0 Å². The molecule has 1 aromatic heterocycles. The fraction of sp³-hybridized carbons (Fsp3) is 0.231. The van der Waals surface area contributed by atoms with E-state index in [9.17, 15) is 8.78 Å². The van der Waals surface area contributed by atoms with Crippen LogP contribution in [0.15, 0.2) is 36.9 Å². The highest BCUT2D eigenvalue weighted by atomic mass is 19.2. The summed E-state index contributed by atoms with van der Waals surface area (Å²) in [5, 5.41) is 3.19. The molecule has 0 aliphatic rings. The summed E-state index contributed by atoms with van der Waals surface area (Å²) in [4.78, 5) is 7.80. The second-order valence-corrected chi connectivity index (χ2v) is 4.02. The lowest BCUT2D eigenvalue weighted by Gasteiger charge is -2.14. The third-order valence-electron chi connectivity index (χ3n) is 2.67. The number of nitrogens with one attached hydrogen (secondary N) is 1. The van der Waals surface area contributed by atoms with Gasteiger partial charge >= 0.3 is 0 Å². The van der Waals surface area contributed by atoms with Gasteiger partial charge in [0.2, 0.25) is 0 Å². The number of aromatic nitrogens is 2. The second kappa shape index (κ2) is 5.64. The number of halogens is 2. The number of rotatable bonds is 4. The summed E-state index contributed by atoms with van der Waals surface area (Å²) >= 11 is 0. The molecule has 2 rings (SSSR count). The Morgan fingerprint density at radius 1 is 1.17 bits per heavy atom. The lowest BCUT2D eigenvalue weighted by molar-refractivity contribution is 0.500. The van der Waals surface area contributed by atoms with Crippen LogP contribution in [0.4, 0.5) is 8.78 Å². The third-order valence-corrected chi connectivity index (χ3v) is 2.67. The molecule has 1 aromatic carbocycles. The summed E-state index contributed by atoms with van der Waals surface area (Å²) in [6.45, 7) is 2.46. The topological polar surface area (TPSA) is 37.8 Å². The summed E-state index contributed by atoms with van der Waals surface area (Å²) in [5.41, 5.74) is 1.64. The molecule has 0 saturated heterocycles. The van der Waals surface area contributed by atoms with E-state index in [0.29, 0.717) is 12.1 Å². The van der Waals surface area contributed by atoms with Gasteiger partial charge in [-0.05, 0) is 24.6 Å². The highest BCUT2D eigenvalue weighted by Gasteiger charge is 2.08. The molecule has 5 heteroatoms. The van der Waals surface area contributed by atoms with Crippen molar-refractivity contribution in [3.63, 3.8) is 0 Å². The maximum atomic E-state index is 13.1. The molecular weight excluding hydrogens is 236 g/mol. The van der Waals surface area contributed by atoms with Crippen LogP contribution in [0.3, 0.4) is 0 Å². The Morgan fingerprint density at radius 2 is 1.89 bits per heavy atom. The predicted octanol–water partition coefficient (Wildman–Crippen LogP) is 2.61. The minimum atomic E-state index is -0.831. The molecule has 0 bridgehead atoms. The van der Waals surface area contributed by atoms with Gasteiger partial charge in [0, 0.05) is 30.5 Å². The Morgan fingerprint density at radius 3 is 2.56 bits per heavy atom. The quantitative estimate of drug-likeness (QED) is 0.905. The van der Waals surface area contributed by atoms with Gasteiger partial charge in [0.25, 0.3) is 0 Å². The largest absolute Gasteiger partial charge is 0.306 e. The van der Waals surface area contributed by atoms with Crippen LogP contribution in [0.1, 0.15) is 24.1 Å². The zero-order chi connectivity index (χ0) is 13.0. The molecule has 1 heterocycles. The van der Waals surface area contributed by atoms with Crippen LogP contribution in [0.2, 0.25) is 0 Å². The van der Waals surface area contributed by atoms with Crippen LogP contribution < -0.4 is 5.32 Å². The molecule has 0 amide bonds. The smallest absolute Gasteiger partial charge is 0.159 e. The Hall–Kier alpha value is -1.88. The summed E-state index contributed by atoms with van der Waals surface area (Å²) < 4.78 is 25.9. The molecule has 3 nitrogen and oxygen atoms in total. The Labute approximate surface area is 104 Å². The number of nitrogens with zero attached hydrogens (tertiary/aromatic N) is 2. The first-order valence-corrected chi connectivity index (χ1v) is 5.59. The van der Waals surface area contributed by atoms with E-state index >= 15 is 0 Å². The van der Waals surface area contributed by atoms with Crippen LogP contribution in [0, 0.1) is 11.6 Å². The summed E-state index contributed by atoms with van der Waals surface area (Å²) in [6, 6.07) is 3.82. The molecule has 0 radical (unpaired) electrons. The van der Waals surface area contributed by atoms with E-state index in [1.807, 2.05) is 6.92 Å². The van der Waals surface area contributed by atoms with Crippen molar-refractivity contribution in [2.75, 3.05) is 0 Å². The van der Waals surface area contributed by atoms with Crippen molar-refractivity contribution in [1.29, 1.82) is 0 Å². The van der Waals surface area contributed by atoms with E-state index < -0.39 is 11.6 Å². The van der Waals surface area contributed by atoms with Gasteiger partial charge in [-0.2, -0.15) is 0 Å². The minimum Gasteiger partial charge on any atom is -0.306 e. The van der Waals surface area contributed by atoms with E-state index in [0.717, 1.165) is 11.6 Å². The van der Waals surface area contributed by atoms with Crippen LogP contribution >= 0.6 is 0 Å². The SMILES string of the molecule is CC(NCc1cncnc1)c1ccc(F)c(F)c1. The molecule has 0 aliphatic carbocycles. The van der Waals surface area contributed by atoms with Gasteiger partial charge < -0.3 is 5.32 Å². The molecule has 2 aromatic rings. The predicted molar refractivity (Wildman–Crippen MR) is 63.6 cm³/mol. The van der Waals surface area contributed by atoms with E-state index in [1.165, 1.54) is 12.4 Å². The summed E-state index contributed by atoms with van der Waals surface area (Å²) in [6.07, 6.45) is 4.87. The van der Waals surface area contributed by atoms with Crippen LogP contribution in [0.5, 0.6) is 0 Å². The van der Waals surface area contributed by atoms with Crippen molar-refractivity contribution in [1.82, 2.24) is 15.3 Å². The van der Waals surface area contributed by atoms with Crippen molar-refractivity contribution in [3.05, 3.63) is 59.7 Å². The minimum absolute atomic E-state index is 0.0830. The van der Waals surface area contributed by atoms with Gasteiger partial charge in [-0.1, -0.05) is 6.07 Å². The van der Waals surface area contributed by atoms with E-state index in [1.54, 1.807) is 18.5 Å². The fourth-order valence-corrected chi connectivity index (χ4v) is 1.59. The molecule has 1 N–H and O–H groups in total. The third kappa shape index (κ3) is 3.07. The lowest BCUT2D eigenvalue weighted by Crippen LogP contribution is -2.18. The second-order valence-electron chi connectivity index (χ2n) is 4.02. The molecular formula is C13H13F2N3. The Bertz CT molecular complexity index is 517. The normalized spacial score (nSPS) is 12.4. The summed E-state index contributed by atoms with van der Waals surface area (Å²) in [7, 11) is 0. The Balaban J connectivity index is 1.99. The molecule has 94 valence electrons. The van der Waals surface area contributed by atoms with E-state index in [-0.39, 0.29) is 6.04 Å². The van der Waals surface area contributed by atoms with Gasteiger partial charge in [-0.25, -0.2) is 18.7 Å². The number of benzene rings is 1. The Kier molecular flexibility index (Phi) is 3.94. The molecule has 0 aliphatic heterocycles. The number of hydrogen-bond acceptors (Lipinski definition) is 3. The van der Waals surface area contributed by atoms with Gasteiger partial charge in [0.05, 0.1) is 0 Å². The van der Waals surface area contributed by atoms with Crippen LogP contribution in [-0.4, -0.2) is 9.97 Å². The van der Waals surface area contributed by atoms with E-state index in [4.69, 9.17) is 0 Å². The molecule has 1 unspecified atom stereocenters. The van der Waals surface area contributed by atoms with Crippen LogP contribution in [-0.2, 0) is 6.54 Å². The molecule has 0 saturated carbocycles. The lowest BCUT2D eigenvalue weighted by atomic mass is 10.1. The first-order chi connectivity index (χ1) is 8.66.